The molecule has 2 aromatic carbocycles. The van der Waals surface area contributed by atoms with Crippen molar-refractivity contribution in [1.82, 2.24) is 5.32 Å². The van der Waals surface area contributed by atoms with Gasteiger partial charge in [-0.05, 0) is 62.1 Å². The quantitative estimate of drug-likeness (QED) is 0.696. The summed E-state index contributed by atoms with van der Waals surface area (Å²) in [4.78, 5) is 15.0. The van der Waals surface area contributed by atoms with Gasteiger partial charge in [-0.15, -0.1) is 0 Å². The molecule has 1 amide bonds. The molecule has 1 aliphatic heterocycles. The zero-order valence-corrected chi connectivity index (χ0v) is 19.1. The molecule has 30 heavy (non-hydrogen) atoms. The van der Waals surface area contributed by atoms with E-state index in [1.807, 2.05) is 19.1 Å². The highest BCUT2D eigenvalue weighted by atomic mass is 35.5. The number of hydrogen-bond acceptors (Lipinski definition) is 4. The van der Waals surface area contributed by atoms with Gasteiger partial charge in [-0.2, -0.15) is 0 Å². The van der Waals surface area contributed by atoms with Gasteiger partial charge in [-0.1, -0.05) is 29.8 Å². The molecule has 0 aromatic heterocycles. The molecule has 162 valence electrons. The van der Waals surface area contributed by atoms with Gasteiger partial charge >= 0.3 is 0 Å². The summed E-state index contributed by atoms with van der Waals surface area (Å²) in [6, 6.07) is 12.9. The molecule has 1 N–H and O–H groups in total. The third kappa shape index (κ3) is 5.46. The Balaban J connectivity index is 1.69. The Bertz CT molecular complexity index is 1000. The second-order valence-electron chi connectivity index (χ2n) is 7.78. The molecule has 0 radical (unpaired) electrons. The van der Waals surface area contributed by atoms with Crippen molar-refractivity contribution in [3.63, 3.8) is 0 Å². The van der Waals surface area contributed by atoms with Gasteiger partial charge in [0.25, 0.3) is 0 Å². The minimum absolute atomic E-state index is 0.244. The number of nitrogens with one attached hydrogen (secondary N) is 1. The zero-order chi connectivity index (χ0) is 21.9. The largest absolute Gasteiger partial charge is 0.372 e. The molecule has 6 nitrogen and oxygen atoms in total. The maximum Gasteiger partial charge on any atom is 0.241 e. The van der Waals surface area contributed by atoms with Gasteiger partial charge in [-0.3, -0.25) is 9.10 Å². The number of aryl methyl sites for hydroxylation is 1. The van der Waals surface area contributed by atoms with E-state index in [9.17, 15) is 13.2 Å². The molecule has 0 aliphatic carbocycles. The highest BCUT2D eigenvalue weighted by Crippen LogP contribution is 2.26. The van der Waals surface area contributed by atoms with Crippen molar-refractivity contribution < 1.29 is 13.2 Å². The van der Waals surface area contributed by atoms with Crippen molar-refractivity contribution in [2.24, 2.45) is 0 Å². The highest BCUT2D eigenvalue weighted by Gasteiger charge is 2.23. The predicted octanol–water partition coefficient (Wildman–Crippen LogP) is 3.89. The van der Waals surface area contributed by atoms with Crippen LogP contribution in [0, 0.1) is 6.92 Å². The predicted molar refractivity (Wildman–Crippen MR) is 123 cm³/mol. The molecule has 0 spiro atoms. The maximum absolute atomic E-state index is 12.7. The van der Waals surface area contributed by atoms with Gasteiger partial charge in [0.2, 0.25) is 15.9 Å². The van der Waals surface area contributed by atoms with Gasteiger partial charge < -0.3 is 10.2 Å². The fourth-order valence-electron chi connectivity index (χ4n) is 3.68. The van der Waals surface area contributed by atoms with Crippen molar-refractivity contribution in [1.29, 1.82) is 0 Å². The topological polar surface area (TPSA) is 69.7 Å². The molecule has 0 saturated carbocycles. The molecule has 0 bridgehead atoms. The lowest BCUT2D eigenvalue weighted by atomic mass is 10.1. The number of hydrogen-bond donors (Lipinski definition) is 1. The molecule has 1 heterocycles. The first-order valence-corrected chi connectivity index (χ1v) is 12.3. The average molecular weight is 450 g/mol. The van der Waals surface area contributed by atoms with Crippen LogP contribution in [0.4, 0.5) is 11.4 Å². The fourth-order valence-corrected chi connectivity index (χ4v) is 4.75. The van der Waals surface area contributed by atoms with Gasteiger partial charge in [0.1, 0.15) is 6.54 Å². The van der Waals surface area contributed by atoms with Gasteiger partial charge in [-0.25, -0.2) is 8.42 Å². The summed E-state index contributed by atoms with van der Waals surface area (Å²) < 4.78 is 25.8. The third-order valence-corrected chi connectivity index (χ3v) is 6.73. The smallest absolute Gasteiger partial charge is 0.241 e. The number of anilines is 2. The lowest BCUT2D eigenvalue weighted by Crippen LogP contribution is -2.41. The number of rotatable bonds is 7. The first-order chi connectivity index (χ1) is 14.1. The van der Waals surface area contributed by atoms with E-state index in [0.717, 1.165) is 34.8 Å². The second-order valence-corrected chi connectivity index (χ2v) is 10.1. The Morgan fingerprint density at radius 3 is 2.40 bits per heavy atom. The van der Waals surface area contributed by atoms with Crippen molar-refractivity contribution >= 4 is 38.9 Å². The molecule has 1 fully saturated rings. The van der Waals surface area contributed by atoms with Gasteiger partial charge in [0, 0.05) is 23.8 Å². The van der Waals surface area contributed by atoms with E-state index in [1.165, 1.54) is 18.5 Å². The number of sulfonamides is 1. The lowest BCUT2D eigenvalue weighted by molar-refractivity contribution is -0.120. The Kier molecular flexibility index (Phi) is 6.93. The van der Waals surface area contributed by atoms with Crippen LogP contribution in [-0.4, -0.2) is 40.2 Å². The fraction of sp³-hybridized carbons (Fsp3) is 0.409. The van der Waals surface area contributed by atoms with Crippen LogP contribution < -0.4 is 14.5 Å². The van der Waals surface area contributed by atoms with Crippen molar-refractivity contribution in [2.75, 3.05) is 35.1 Å². The molecular formula is C22H28ClN3O3S. The standard InChI is InChI=1S/C22H28ClN3O3S/c1-16-6-9-19(23)14-21(16)26(30(3,28)29)15-22(27)24-17(2)18-7-10-20(11-8-18)25-12-4-5-13-25/h6-11,14,17H,4-5,12-13,15H2,1-3H3,(H,24,27). The first-order valence-electron chi connectivity index (χ1n) is 10.0. The van der Waals surface area contributed by atoms with E-state index < -0.39 is 10.0 Å². The molecule has 1 atom stereocenters. The Morgan fingerprint density at radius 1 is 1.17 bits per heavy atom. The summed E-state index contributed by atoms with van der Waals surface area (Å²) in [5.74, 6) is -0.379. The highest BCUT2D eigenvalue weighted by molar-refractivity contribution is 7.92. The Morgan fingerprint density at radius 2 is 1.80 bits per heavy atom. The van der Waals surface area contributed by atoms with E-state index in [2.05, 4.69) is 22.3 Å². The SMILES string of the molecule is Cc1ccc(Cl)cc1N(CC(=O)NC(C)c1ccc(N2CCCC2)cc1)S(C)(=O)=O. The van der Waals surface area contributed by atoms with Crippen LogP contribution in [0.25, 0.3) is 0 Å². The summed E-state index contributed by atoms with van der Waals surface area (Å²) in [7, 11) is -3.66. The van der Waals surface area contributed by atoms with E-state index in [1.54, 1.807) is 25.1 Å². The van der Waals surface area contributed by atoms with Crippen LogP contribution >= 0.6 is 11.6 Å². The van der Waals surface area contributed by atoms with Crippen LogP contribution in [0.2, 0.25) is 5.02 Å². The van der Waals surface area contributed by atoms with Crippen LogP contribution in [0.15, 0.2) is 42.5 Å². The number of nitrogens with zero attached hydrogens (tertiary/aromatic N) is 2. The monoisotopic (exact) mass is 449 g/mol. The van der Waals surface area contributed by atoms with Gasteiger partial charge in [0.05, 0.1) is 18.0 Å². The average Bonchev–Trinajstić information content (AvgIpc) is 3.22. The molecule has 1 saturated heterocycles. The molecule has 2 aromatic rings. The maximum atomic E-state index is 12.7. The molecule has 1 aliphatic rings. The van der Waals surface area contributed by atoms with E-state index >= 15 is 0 Å². The van der Waals surface area contributed by atoms with Crippen molar-refractivity contribution in [3.8, 4) is 0 Å². The summed E-state index contributed by atoms with van der Waals surface area (Å²) >= 11 is 6.05. The lowest BCUT2D eigenvalue weighted by Gasteiger charge is -2.25. The van der Waals surface area contributed by atoms with E-state index in [-0.39, 0.29) is 18.5 Å². The second kappa shape index (κ2) is 9.27. The number of amides is 1. The van der Waals surface area contributed by atoms with Crippen LogP contribution in [0.1, 0.15) is 36.9 Å². The summed E-state index contributed by atoms with van der Waals surface area (Å²) in [6.07, 6.45) is 3.52. The number of carbonyl (C=O) groups is 1. The van der Waals surface area contributed by atoms with Crippen molar-refractivity contribution in [2.45, 2.75) is 32.7 Å². The summed E-state index contributed by atoms with van der Waals surface area (Å²) in [5.41, 5.74) is 3.29. The van der Waals surface area contributed by atoms with E-state index in [4.69, 9.17) is 11.6 Å². The minimum Gasteiger partial charge on any atom is -0.372 e. The molecular weight excluding hydrogens is 422 g/mol. The molecule has 1 unspecified atom stereocenters. The molecule has 3 rings (SSSR count). The zero-order valence-electron chi connectivity index (χ0n) is 17.6. The van der Waals surface area contributed by atoms with Crippen LogP contribution in [-0.2, 0) is 14.8 Å². The number of carbonyl (C=O) groups excluding carboxylic acids is 1. The summed E-state index contributed by atoms with van der Waals surface area (Å²) in [5, 5.41) is 3.31. The first kappa shape index (κ1) is 22.4. The number of benzene rings is 2. The summed E-state index contributed by atoms with van der Waals surface area (Å²) in [6.45, 7) is 5.52. The third-order valence-electron chi connectivity index (χ3n) is 5.37. The Labute approximate surface area is 183 Å². The van der Waals surface area contributed by atoms with E-state index in [0.29, 0.717) is 10.7 Å². The van der Waals surface area contributed by atoms with Crippen molar-refractivity contribution in [3.05, 3.63) is 58.6 Å². The number of halogens is 1. The molecule has 8 heteroatoms. The van der Waals surface area contributed by atoms with Crippen LogP contribution in [0.3, 0.4) is 0 Å². The van der Waals surface area contributed by atoms with Gasteiger partial charge in [0.15, 0.2) is 0 Å². The Hall–Kier alpha value is -2.25. The van der Waals surface area contributed by atoms with Crippen LogP contribution in [0.5, 0.6) is 0 Å². The normalized spacial score (nSPS) is 15.1. The minimum atomic E-state index is -3.66.